The first-order chi connectivity index (χ1) is 14.3. The van der Waals surface area contributed by atoms with E-state index in [4.69, 9.17) is 0 Å². The van der Waals surface area contributed by atoms with Crippen molar-refractivity contribution in [3.63, 3.8) is 0 Å². The smallest absolute Gasteiger partial charge is 0.243 e. The maximum Gasteiger partial charge on any atom is 0.243 e. The molecule has 8 heteroatoms. The number of sulfonamides is 1. The van der Waals surface area contributed by atoms with E-state index in [0.717, 1.165) is 43.9 Å². The van der Waals surface area contributed by atoms with Crippen molar-refractivity contribution in [3.05, 3.63) is 29.8 Å². The third-order valence-electron chi connectivity index (χ3n) is 5.55. The van der Waals surface area contributed by atoms with E-state index in [2.05, 4.69) is 48.2 Å². The van der Waals surface area contributed by atoms with E-state index in [1.807, 2.05) is 12.1 Å². The Morgan fingerprint density at radius 1 is 1.03 bits per heavy atom. The lowest BCUT2D eigenvalue weighted by Crippen LogP contribution is -2.45. The highest BCUT2D eigenvalue weighted by Gasteiger charge is 2.25. The molecule has 30 heavy (non-hydrogen) atoms. The van der Waals surface area contributed by atoms with Gasteiger partial charge in [-0.15, -0.1) is 0 Å². The lowest BCUT2D eigenvalue weighted by Gasteiger charge is -2.30. The molecule has 1 fully saturated rings. The number of piperidine rings is 1. The molecule has 1 aromatic rings. The molecular formula is C22H39N5O2S. The molecule has 0 aromatic heterocycles. The van der Waals surface area contributed by atoms with E-state index in [1.165, 1.54) is 0 Å². The van der Waals surface area contributed by atoms with Crippen molar-refractivity contribution in [3.8, 4) is 0 Å². The molecule has 1 aliphatic heterocycles. The van der Waals surface area contributed by atoms with Gasteiger partial charge in [0.2, 0.25) is 10.0 Å². The highest BCUT2D eigenvalue weighted by Crippen LogP contribution is 2.20. The molecule has 2 N–H and O–H groups in total. The summed E-state index contributed by atoms with van der Waals surface area (Å²) in [4.78, 5) is 7.09. The van der Waals surface area contributed by atoms with Crippen LogP contribution in [0.5, 0.6) is 0 Å². The van der Waals surface area contributed by atoms with Crippen molar-refractivity contribution in [1.29, 1.82) is 0 Å². The van der Waals surface area contributed by atoms with E-state index >= 15 is 0 Å². The predicted octanol–water partition coefficient (Wildman–Crippen LogP) is 2.65. The lowest BCUT2D eigenvalue weighted by atomic mass is 10.2. The number of rotatable bonds is 9. The van der Waals surface area contributed by atoms with Crippen molar-refractivity contribution in [1.82, 2.24) is 19.8 Å². The summed E-state index contributed by atoms with van der Waals surface area (Å²) in [6, 6.07) is 8.16. The molecule has 170 valence electrons. The zero-order chi connectivity index (χ0) is 22.1. The van der Waals surface area contributed by atoms with E-state index in [0.29, 0.717) is 36.6 Å². The minimum atomic E-state index is -3.38. The summed E-state index contributed by atoms with van der Waals surface area (Å²) in [6.45, 7) is 12.4. The number of guanidine groups is 1. The van der Waals surface area contributed by atoms with Crippen LogP contribution in [0, 0.1) is 0 Å². The maximum absolute atomic E-state index is 12.8. The Balaban J connectivity index is 1.86. The molecule has 7 nitrogen and oxygen atoms in total. The fraction of sp³-hybridized carbons (Fsp3) is 0.682. The molecule has 0 unspecified atom stereocenters. The molecule has 0 atom stereocenters. The monoisotopic (exact) mass is 437 g/mol. The van der Waals surface area contributed by atoms with Crippen LogP contribution < -0.4 is 10.6 Å². The molecule has 0 aliphatic carbocycles. The Bertz CT molecular complexity index is 761. The average Bonchev–Trinajstić information content (AvgIpc) is 2.73. The second-order valence-electron chi connectivity index (χ2n) is 8.39. The van der Waals surface area contributed by atoms with Gasteiger partial charge in [-0.3, -0.25) is 9.89 Å². The number of hydrogen-bond donors (Lipinski definition) is 2. The van der Waals surface area contributed by atoms with Gasteiger partial charge < -0.3 is 10.6 Å². The highest BCUT2D eigenvalue weighted by molar-refractivity contribution is 7.89. The van der Waals surface area contributed by atoms with Gasteiger partial charge in [0, 0.05) is 51.9 Å². The van der Waals surface area contributed by atoms with Crippen molar-refractivity contribution in [2.45, 2.75) is 70.5 Å². The van der Waals surface area contributed by atoms with Crippen molar-refractivity contribution in [2.24, 2.45) is 4.99 Å². The standard InChI is InChI=1S/C22H39N5O2S/c1-18(2)27(19(3)4)16-13-24-22(23-5)25-17-20-9-11-21(12-10-20)30(28,29)26-14-7-6-8-15-26/h9-12,18-19H,6-8,13-17H2,1-5H3,(H2,23,24,25). The highest BCUT2D eigenvalue weighted by atomic mass is 32.2. The molecule has 1 aliphatic rings. The number of nitrogens with one attached hydrogen (secondary N) is 2. The number of hydrogen-bond acceptors (Lipinski definition) is 4. The fourth-order valence-electron chi connectivity index (χ4n) is 3.86. The van der Waals surface area contributed by atoms with Crippen LogP contribution in [0.4, 0.5) is 0 Å². The number of benzene rings is 1. The van der Waals surface area contributed by atoms with E-state index in [9.17, 15) is 8.42 Å². The fourth-order valence-corrected chi connectivity index (χ4v) is 5.37. The summed E-state index contributed by atoms with van der Waals surface area (Å²) in [5.41, 5.74) is 1.02. The quantitative estimate of drug-likeness (QED) is 0.459. The van der Waals surface area contributed by atoms with Crippen molar-refractivity contribution >= 4 is 16.0 Å². The second-order valence-corrected chi connectivity index (χ2v) is 10.3. The molecule has 0 radical (unpaired) electrons. The minimum Gasteiger partial charge on any atom is -0.355 e. The van der Waals surface area contributed by atoms with Crippen LogP contribution in [0.25, 0.3) is 0 Å². The SMILES string of the molecule is CN=C(NCCN(C(C)C)C(C)C)NCc1ccc(S(=O)(=O)N2CCCCC2)cc1. The normalized spacial score (nSPS) is 16.5. The van der Waals surface area contributed by atoms with Gasteiger partial charge in [0.05, 0.1) is 4.90 Å². The van der Waals surface area contributed by atoms with Crippen LogP contribution in [0.15, 0.2) is 34.2 Å². The van der Waals surface area contributed by atoms with E-state index in [-0.39, 0.29) is 0 Å². The molecule has 0 amide bonds. The van der Waals surface area contributed by atoms with Crippen LogP contribution in [0.2, 0.25) is 0 Å². The molecule has 1 heterocycles. The molecule has 1 aromatic carbocycles. The number of aliphatic imine (C=N–C) groups is 1. The first-order valence-corrected chi connectivity index (χ1v) is 12.5. The van der Waals surface area contributed by atoms with E-state index in [1.54, 1.807) is 23.5 Å². The molecular weight excluding hydrogens is 398 g/mol. The van der Waals surface area contributed by atoms with Crippen LogP contribution >= 0.6 is 0 Å². The van der Waals surface area contributed by atoms with Crippen LogP contribution in [0.3, 0.4) is 0 Å². The van der Waals surface area contributed by atoms with Gasteiger partial charge in [0.25, 0.3) is 0 Å². The zero-order valence-electron chi connectivity index (χ0n) is 19.2. The van der Waals surface area contributed by atoms with Gasteiger partial charge in [0.1, 0.15) is 0 Å². The average molecular weight is 438 g/mol. The summed E-state index contributed by atoms with van der Waals surface area (Å²) >= 11 is 0. The largest absolute Gasteiger partial charge is 0.355 e. The van der Waals surface area contributed by atoms with Crippen molar-refractivity contribution < 1.29 is 8.42 Å². The topological polar surface area (TPSA) is 77.0 Å². The molecule has 2 rings (SSSR count). The Morgan fingerprint density at radius 2 is 1.63 bits per heavy atom. The van der Waals surface area contributed by atoms with Crippen LogP contribution in [-0.2, 0) is 16.6 Å². The lowest BCUT2D eigenvalue weighted by molar-refractivity contribution is 0.178. The Kier molecular flexibility index (Phi) is 9.58. The third kappa shape index (κ3) is 6.96. The van der Waals surface area contributed by atoms with Crippen LogP contribution in [-0.4, -0.2) is 68.9 Å². The molecule has 0 bridgehead atoms. The van der Waals surface area contributed by atoms with Gasteiger partial charge in [-0.1, -0.05) is 18.6 Å². The Morgan fingerprint density at radius 3 is 2.17 bits per heavy atom. The van der Waals surface area contributed by atoms with E-state index < -0.39 is 10.0 Å². The predicted molar refractivity (Wildman–Crippen MR) is 124 cm³/mol. The molecule has 0 saturated carbocycles. The Labute approximate surface area is 183 Å². The summed E-state index contributed by atoms with van der Waals surface area (Å²) in [6.07, 6.45) is 3.00. The van der Waals surface area contributed by atoms with Gasteiger partial charge in [0.15, 0.2) is 5.96 Å². The molecule has 0 spiro atoms. The maximum atomic E-state index is 12.8. The first kappa shape index (κ1) is 24.6. The molecule has 1 saturated heterocycles. The van der Waals surface area contributed by atoms with Gasteiger partial charge in [-0.2, -0.15) is 4.31 Å². The van der Waals surface area contributed by atoms with Gasteiger partial charge >= 0.3 is 0 Å². The van der Waals surface area contributed by atoms with Crippen LogP contribution in [0.1, 0.15) is 52.5 Å². The Hall–Kier alpha value is -1.64. The van der Waals surface area contributed by atoms with Gasteiger partial charge in [-0.05, 0) is 58.2 Å². The summed E-state index contributed by atoms with van der Waals surface area (Å²) < 4.78 is 27.1. The number of nitrogens with zero attached hydrogens (tertiary/aromatic N) is 3. The summed E-state index contributed by atoms with van der Waals surface area (Å²) in [5, 5.41) is 6.65. The van der Waals surface area contributed by atoms with Crippen molar-refractivity contribution in [2.75, 3.05) is 33.2 Å². The zero-order valence-corrected chi connectivity index (χ0v) is 20.0. The third-order valence-corrected chi connectivity index (χ3v) is 7.46. The summed E-state index contributed by atoms with van der Waals surface area (Å²) in [7, 11) is -1.62. The minimum absolute atomic E-state index is 0.373. The first-order valence-electron chi connectivity index (χ1n) is 11.0. The second kappa shape index (κ2) is 11.7. The summed E-state index contributed by atoms with van der Waals surface area (Å²) in [5.74, 6) is 0.743. The van der Waals surface area contributed by atoms with Gasteiger partial charge in [-0.25, -0.2) is 8.42 Å².